The topological polar surface area (TPSA) is 30.7 Å². The lowest BCUT2D eigenvalue weighted by Gasteiger charge is -2.04. The lowest BCUT2D eigenvalue weighted by atomic mass is 10.1. The van der Waals surface area contributed by atoms with Crippen molar-refractivity contribution in [3.8, 4) is 0 Å². The predicted molar refractivity (Wildman–Crippen MR) is 57.8 cm³/mol. The largest absolute Gasteiger partial charge is 0.466 e. The van der Waals surface area contributed by atoms with Gasteiger partial charge in [-0.25, -0.2) is 4.85 Å². The molecular weight excluding hydrogens is 190 g/mol. The fourth-order valence-electron chi connectivity index (χ4n) is 1.29. The molecule has 0 aromatic heterocycles. The normalized spacial score (nSPS) is 9.40. The van der Waals surface area contributed by atoms with Crippen LogP contribution in [0.3, 0.4) is 0 Å². The third-order valence-electron chi connectivity index (χ3n) is 2.00. The minimum atomic E-state index is -0.286. The highest BCUT2D eigenvalue weighted by Crippen LogP contribution is 2.21. The number of ether oxygens (including phenoxy) is 1. The third-order valence-corrected chi connectivity index (χ3v) is 2.00. The summed E-state index contributed by atoms with van der Waals surface area (Å²) in [5, 5.41) is 0. The smallest absolute Gasteiger partial charge is 0.308 e. The van der Waals surface area contributed by atoms with Crippen LogP contribution in [0.2, 0.25) is 0 Å². The third kappa shape index (κ3) is 3.10. The number of esters is 1. The van der Waals surface area contributed by atoms with E-state index in [9.17, 15) is 4.79 Å². The zero-order valence-electron chi connectivity index (χ0n) is 8.91. The van der Waals surface area contributed by atoms with E-state index in [1.54, 1.807) is 19.1 Å². The first kappa shape index (κ1) is 11.3. The highest BCUT2D eigenvalue weighted by Gasteiger charge is 2.08. The fourth-order valence-corrected chi connectivity index (χ4v) is 1.29. The second-order valence-corrected chi connectivity index (χ2v) is 3.23. The van der Waals surface area contributed by atoms with E-state index in [0.717, 1.165) is 11.1 Å². The molecule has 0 N–H and O–H groups in total. The van der Waals surface area contributed by atoms with Gasteiger partial charge in [0.1, 0.15) is 0 Å². The van der Waals surface area contributed by atoms with E-state index >= 15 is 0 Å². The SMILES string of the molecule is [C-]#[N+]c1cc(C)ccc1CC(=O)OCC. The molecule has 0 amide bonds. The molecule has 78 valence electrons. The number of nitrogens with zero attached hydrogens (tertiary/aromatic N) is 1. The number of hydrogen-bond donors (Lipinski definition) is 0. The molecule has 3 heteroatoms. The highest BCUT2D eigenvalue weighted by molar-refractivity contribution is 5.75. The van der Waals surface area contributed by atoms with Crippen LogP contribution in [0.15, 0.2) is 18.2 Å². The molecule has 15 heavy (non-hydrogen) atoms. The van der Waals surface area contributed by atoms with Crippen molar-refractivity contribution in [2.75, 3.05) is 6.61 Å². The van der Waals surface area contributed by atoms with Gasteiger partial charge in [-0.05, 0) is 19.4 Å². The first-order chi connectivity index (χ1) is 7.17. The Morgan fingerprint density at radius 1 is 1.53 bits per heavy atom. The van der Waals surface area contributed by atoms with E-state index in [-0.39, 0.29) is 12.4 Å². The van der Waals surface area contributed by atoms with Crippen molar-refractivity contribution in [1.82, 2.24) is 0 Å². The van der Waals surface area contributed by atoms with Crippen LogP contribution in [0, 0.1) is 13.5 Å². The van der Waals surface area contributed by atoms with Crippen LogP contribution < -0.4 is 0 Å². The van der Waals surface area contributed by atoms with Crippen molar-refractivity contribution in [2.45, 2.75) is 20.3 Å². The zero-order chi connectivity index (χ0) is 11.3. The van der Waals surface area contributed by atoms with E-state index < -0.39 is 0 Å². The Kier molecular flexibility index (Phi) is 3.87. The van der Waals surface area contributed by atoms with Gasteiger partial charge in [0, 0.05) is 0 Å². The molecule has 1 aromatic rings. The van der Waals surface area contributed by atoms with E-state index in [1.807, 2.05) is 13.0 Å². The van der Waals surface area contributed by atoms with Crippen molar-refractivity contribution in [3.05, 3.63) is 40.7 Å². The molecular formula is C12H13NO2. The maximum atomic E-state index is 11.2. The minimum Gasteiger partial charge on any atom is -0.466 e. The monoisotopic (exact) mass is 203 g/mol. The molecule has 0 heterocycles. The summed E-state index contributed by atoms with van der Waals surface area (Å²) in [6, 6.07) is 5.48. The van der Waals surface area contributed by atoms with Crippen molar-refractivity contribution in [1.29, 1.82) is 0 Å². The van der Waals surface area contributed by atoms with Crippen molar-refractivity contribution in [3.63, 3.8) is 0 Å². The summed E-state index contributed by atoms with van der Waals surface area (Å²) in [7, 11) is 0. The van der Waals surface area contributed by atoms with Crippen LogP contribution in [-0.2, 0) is 16.0 Å². The summed E-state index contributed by atoms with van der Waals surface area (Å²) in [6.45, 7) is 11.1. The van der Waals surface area contributed by atoms with Gasteiger partial charge >= 0.3 is 5.97 Å². The van der Waals surface area contributed by atoms with E-state index in [4.69, 9.17) is 11.3 Å². The van der Waals surface area contributed by atoms with Gasteiger partial charge in [0.2, 0.25) is 0 Å². The molecule has 0 aliphatic rings. The molecule has 0 aliphatic heterocycles. The average molecular weight is 203 g/mol. The summed E-state index contributed by atoms with van der Waals surface area (Å²) in [5.74, 6) is -0.286. The number of aryl methyl sites for hydroxylation is 1. The van der Waals surface area contributed by atoms with Gasteiger partial charge in [-0.2, -0.15) is 0 Å². The standard InChI is InChI=1S/C12H13NO2/c1-4-15-12(14)8-10-6-5-9(2)7-11(10)13-3/h5-7H,4,8H2,1-2H3. The molecule has 0 radical (unpaired) electrons. The van der Waals surface area contributed by atoms with Crippen molar-refractivity contribution in [2.24, 2.45) is 0 Å². The molecule has 0 atom stereocenters. The Morgan fingerprint density at radius 3 is 2.87 bits per heavy atom. The Bertz CT molecular complexity index is 405. The number of rotatable bonds is 3. The number of carbonyl (C=O) groups excluding carboxylic acids is 1. The molecule has 0 saturated heterocycles. The quantitative estimate of drug-likeness (QED) is 0.558. The first-order valence-corrected chi connectivity index (χ1v) is 4.80. The summed E-state index contributed by atoms with van der Waals surface area (Å²) in [5.41, 5.74) is 2.28. The van der Waals surface area contributed by atoms with Gasteiger partial charge < -0.3 is 4.74 Å². The Balaban J connectivity index is 2.86. The lowest BCUT2D eigenvalue weighted by molar-refractivity contribution is -0.142. The summed E-state index contributed by atoms with van der Waals surface area (Å²) in [4.78, 5) is 14.6. The molecule has 0 aliphatic carbocycles. The number of hydrogen-bond acceptors (Lipinski definition) is 2. The summed E-state index contributed by atoms with van der Waals surface area (Å²) >= 11 is 0. The number of benzene rings is 1. The van der Waals surface area contributed by atoms with Gasteiger partial charge in [0.05, 0.1) is 19.6 Å². The van der Waals surface area contributed by atoms with E-state index in [0.29, 0.717) is 12.3 Å². The molecule has 3 nitrogen and oxygen atoms in total. The van der Waals surface area contributed by atoms with Crippen molar-refractivity contribution >= 4 is 11.7 Å². The predicted octanol–water partition coefficient (Wildman–Crippen LogP) is 2.65. The molecule has 0 saturated carbocycles. The van der Waals surface area contributed by atoms with Crippen LogP contribution in [0.5, 0.6) is 0 Å². The van der Waals surface area contributed by atoms with Crippen molar-refractivity contribution < 1.29 is 9.53 Å². The van der Waals surface area contributed by atoms with Gasteiger partial charge in [-0.3, -0.25) is 4.79 Å². The van der Waals surface area contributed by atoms with Crippen LogP contribution in [0.4, 0.5) is 5.69 Å². The van der Waals surface area contributed by atoms with Crippen LogP contribution in [0.1, 0.15) is 18.1 Å². The average Bonchev–Trinajstić information content (AvgIpc) is 2.21. The Morgan fingerprint density at radius 2 is 2.27 bits per heavy atom. The Hall–Kier alpha value is -1.82. The maximum absolute atomic E-state index is 11.2. The highest BCUT2D eigenvalue weighted by atomic mass is 16.5. The molecule has 0 unspecified atom stereocenters. The second kappa shape index (κ2) is 5.16. The van der Waals surface area contributed by atoms with Gasteiger partial charge in [-0.1, -0.05) is 23.8 Å². The van der Waals surface area contributed by atoms with Crippen LogP contribution >= 0.6 is 0 Å². The van der Waals surface area contributed by atoms with Gasteiger partial charge in [0.15, 0.2) is 5.69 Å². The summed E-state index contributed by atoms with van der Waals surface area (Å²) < 4.78 is 4.83. The molecule has 0 fully saturated rings. The zero-order valence-corrected chi connectivity index (χ0v) is 8.91. The molecule has 1 rings (SSSR count). The van der Waals surface area contributed by atoms with Crippen LogP contribution in [0.25, 0.3) is 4.85 Å². The molecule has 1 aromatic carbocycles. The second-order valence-electron chi connectivity index (χ2n) is 3.23. The summed E-state index contributed by atoms with van der Waals surface area (Å²) in [6.07, 6.45) is 0.172. The van der Waals surface area contributed by atoms with Gasteiger partial charge in [0.25, 0.3) is 0 Å². The molecule has 0 bridgehead atoms. The van der Waals surface area contributed by atoms with Gasteiger partial charge in [-0.15, -0.1) is 0 Å². The fraction of sp³-hybridized carbons (Fsp3) is 0.333. The first-order valence-electron chi connectivity index (χ1n) is 4.80. The van der Waals surface area contributed by atoms with E-state index in [2.05, 4.69) is 4.85 Å². The van der Waals surface area contributed by atoms with E-state index in [1.165, 1.54) is 0 Å². The minimum absolute atomic E-state index is 0.172. The maximum Gasteiger partial charge on any atom is 0.308 e. The number of carbonyl (C=O) groups is 1. The molecule has 0 spiro atoms. The Labute approximate surface area is 89.5 Å². The lowest BCUT2D eigenvalue weighted by Crippen LogP contribution is -2.07. The van der Waals surface area contributed by atoms with Crippen LogP contribution in [-0.4, -0.2) is 12.6 Å².